The fourth-order valence-corrected chi connectivity index (χ4v) is 0.680. The molecule has 0 atom stereocenters. The molecule has 94 valence electrons. The number of alkyl halides is 4. The molecule has 0 radical (unpaired) electrons. The predicted octanol–water partition coefficient (Wildman–Crippen LogP) is 0.613. The van der Waals surface area contributed by atoms with E-state index < -0.39 is 37.4 Å². The summed E-state index contributed by atoms with van der Waals surface area (Å²) in [6, 6.07) is -1.16. The van der Waals surface area contributed by atoms with E-state index in [1.165, 1.54) is 5.32 Å². The number of urea groups is 1. The molecule has 0 bridgehead atoms. The van der Waals surface area contributed by atoms with Crippen LogP contribution in [-0.4, -0.2) is 54.5 Å². The molecule has 0 aromatic heterocycles. The molecule has 0 unspecified atom stereocenters. The van der Waals surface area contributed by atoms with Gasteiger partial charge in [0.15, 0.2) is 0 Å². The molecule has 0 aliphatic heterocycles. The summed E-state index contributed by atoms with van der Waals surface area (Å²) < 4.78 is 48.0. The number of hydrogen-bond acceptors (Lipinski definition) is 2. The first-order valence-electron chi connectivity index (χ1n) is 4.03. The molecule has 0 rings (SSSR count). The molecule has 5 nitrogen and oxygen atoms in total. The van der Waals surface area contributed by atoms with Crippen LogP contribution in [0.25, 0.3) is 0 Å². The highest BCUT2D eigenvalue weighted by Crippen LogP contribution is 2.21. The summed E-state index contributed by atoms with van der Waals surface area (Å²) in [5.74, 6) is -5.68. The fourth-order valence-electron chi connectivity index (χ4n) is 0.680. The summed E-state index contributed by atoms with van der Waals surface area (Å²) in [6.07, 6.45) is -3.89. The van der Waals surface area contributed by atoms with Crippen LogP contribution in [0.3, 0.4) is 0 Å². The molecule has 0 saturated carbocycles. The number of carboxylic acids is 1. The summed E-state index contributed by atoms with van der Waals surface area (Å²) in [5, 5.41) is 9.76. The Bertz CT molecular complexity index is 272. The molecular formula is C7H10F4N2O3. The molecule has 0 fully saturated rings. The summed E-state index contributed by atoms with van der Waals surface area (Å²) in [5.41, 5.74) is 0. The third-order valence-electron chi connectivity index (χ3n) is 1.51. The molecule has 9 heteroatoms. The Balaban J connectivity index is 4.12. The molecule has 0 aliphatic rings. The number of carbonyl (C=O) groups is 2. The van der Waals surface area contributed by atoms with Crippen LogP contribution in [0.4, 0.5) is 22.4 Å². The van der Waals surface area contributed by atoms with Crippen molar-refractivity contribution in [1.29, 1.82) is 0 Å². The zero-order valence-corrected chi connectivity index (χ0v) is 8.21. The van der Waals surface area contributed by atoms with E-state index in [1.807, 2.05) is 0 Å². The molecule has 0 aromatic rings. The van der Waals surface area contributed by atoms with Crippen LogP contribution < -0.4 is 5.32 Å². The number of halogens is 4. The lowest BCUT2D eigenvalue weighted by Gasteiger charge is -2.19. The summed E-state index contributed by atoms with van der Waals surface area (Å²) in [7, 11) is 1.03. The minimum atomic E-state index is -4.33. The van der Waals surface area contributed by atoms with Crippen LogP contribution in [0, 0.1) is 0 Å². The van der Waals surface area contributed by atoms with Gasteiger partial charge in [0.25, 0.3) is 0 Å². The van der Waals surface area contributed by atoms with E-state index in [2.05, 4.69) is 0 Å². The van der Waals surface area contributed by atoms with Crippen molar-refractivity contribution < 1.29 is 32.3 Å². The minimum absolute atomic E-state index is 0.573. The zero-order valence-electron chi connectivity index (χ0n) is 8.21. The summed E-state index contributed by atoms with van der Waals surface area (Å²) >= 11 is 0. The number of amides is 2. The van der Waals surface area contributed by atoms with Crippen molar-refractivity contribution in [3.05, 3.63) is 0 Å². The van der Waals surface area contributed by atoms with Crippen molar-refractivity contribution in [1.82, 2.24) is 10.2 Å². The Morgan fingerprint density at radius 1 is 1.44 bits per heavy atom. The third kappa shape index (κ3) is 4.80. The number of aliphatic carboxylic acids is 1. The average Bonchev–Trinajstić information content (AvgIpc) is 2.12. The zero-order chi connectivity index (χ0) is 12.9. The minimum Gasteiger partial charge on any atom is -0.480 e. The topological polar surface area (TPSA) is 69.6 Å². The molecule has 0 spiro atoms. The molecule has 0 heterocycles. The molecule has 0 saturated heterocycles. The highest BCUT2D eigenvalue weighted by Gasteiger charge is 2.41. The van der Waals surface area contributed by atoms with Gasteiger partial charge in [-0.05, 0) is 0 Å². The number of carboxylic acid groups (broad SMARTS) is 1. The van der Waals surface area contributed by atoms with Crippen LogP contribution in [-0.2, 0) is 4.79 Å². The van der Waals surface area contributed by atoms with Crippen LogP contribution >= 0.6 is 0 Å². The largest absolute Gasteiger partial charge is 0.480 e. The standard InChI is InChI=1S/C7H10F4N2O3/c1-13(2-4(14)15)6(16)12-3-7(10,11)5(8)9/h5H,2-3H2,1H3,(H,12,16)(H,14,15). The maximum Gasteiger partial charge on any atom is 0.324 e. The van der Waals surface area contributed by atoms with Gasteiger partial charge in [-0.25, -0.2) is 13.6 Å². The maximum atomic E-state index is 12.3. The Labute approximate surface area is 88.0 Å². The second kappa shape index (κ2) is 5.52. The van der Waals surface area contributed by atoms with Gasteiger partial charge in [-0.3, -0.25) is 4.79 Å². The van der Waals surface area contributed by atoms with Crippen molar-refractivity contribution >= 4 is 12.0 Å². The monoisotopic (exact) mass is 246 g/mol. The van der Waals surface area contributed by atoms with Crippen LogP contribution in [0.5, 0.6) is 0 Å². The molecule has 2 amide bonds. The number of nitrogens with one attached hydrogen (secondary N) is 1. The van der Waals surface area contributed by atoms with Crippen molar-refractivity contribution in [3.63, 3.8) is 0 Å². The summed E-state index contributed by atoms with van der Waals surface area (Å²) in [6.45, 7) is -2.26. The van der Waals surface area contributed by atoms with Gasteiger partial charge in [0.1, 0.15) is 6.54 Å². The van der Waals surface area contributed by atoms with Crippen molar-refractivity contribution in [2.24, 2.45) is 0 Å². The van der Waals surface area contributed by atoms with E-state index in [4.69, 9.17) is 5.11 Å². The Morgan fingerprint density at radius 2 is 1.94 bits per heavy atom. The van der Waals surface area contributed by atoms with Crippen LogP contribution in [0.15, 0.2) is 0 Å². The number of hydrogen-bond donors (Lipinski definition) is 2. The van der Waals surface area contributed by atoms with Crippen molar-refractivity contribution in [2.45, 2.75) is 12.3 Å². The van der Waals surface area contributed by atoms with Crippen LogP contribution in [0.1, 0.15) is 0 Å². The lowest BCUT2D eigenvalue weighted by molar-refractivity contribution is -0.137. The highest BCUT2D eigenvalue weighted by molar-refractivity contribution is 5.79. The average molecular weight is 246 g/mol. The molecule has 0 aliphatic carbocycles. The van der Waals surface area contributed by atoms with E-state index >= 15 is 0 Å². The van der Waals surface area contributed by atoms with Gasteiger partial charge in [-0.1, -0.05) is 0 Å². The van der Waals surface area contributed by atoms with E-state index in [9.17, 15) is 27.2 Å². The van der Waals surface area contributed by atoms with Gasteiger partial charge in [0.05, 0.1) is 6.54 Å². The molecule has 16 heavy (non-hydrogen) atoms. The smallest absolute Gasteiger partial charge is 0.324 e. The lowest BCUT2D eigenvalue weighted by atomic mass is 10.3. The highest BCUT2D eigenvalue weighted by atomic mass is 19.3. The normalized spacial score (nSPS) is 11.4. The van der Waals surface area contributed by atoms with Gasteiger partial charge < -0.3 is 15.3 Å². The predicted molar refractivity (Wildman–Crippen MR) is 44.6 cm³/mol. The SMILES string of the molecule is CN(CC(=O)O)C(=O)NCC(F)(F)C(F)F. The third-order valence-corrected chi connectivity index (χ3v) is 1.51. The molecule has 2 N–H and O–H groups in total. The van der Waals surface area contributed by atoms with Crippen molar-refractivity contribution in [3.8, 4) is 0 Å². The quantitative estimate of drug-likeness (QED) is 0.698. The van der Waals surface area contributed by atoms with Crippen LogP contribution in [0.2, 0.25) is 0 Å². The number of likely N-dealkylation sites (N-methyl/N-ethyl adjacent to an activating group) is 1. The van der Waals surface area contributed by atoms with E-state index in [0.29, 0.717) is 4.90 Å². The van der Waals surface area contributed by atoms with Gasteiger partial charge in [0.2, 0.25) is 0 Å². The van der Waals surface area contributed by atoms with Crippen molar-refractivity contribution in [2.75, 3.05) is 20.1 Å². The second-order valence-electron chi connectivity index (χ2n) is 2.97. The van der Waals surface area contributed by atoms with E-state index in [1.54, 1.807) is 0 Å². The van der Waals surface area contributed by atoms with Gasteiger partial charge in [-0.15, -0.1) is 0 Å². The number of nitrogens with zero attached hydrogens (tertiary/aromatic N) is 1. The Hall–Kier alpha value is -1.54. The first kappa shape index (κ1) is 14.5. The number of rotatable bonds is 5. The van der Waals surface area contributed by atoms with Gasteiger partial charge in [-0.2, -0.15) is 8.78 Å². The Kier molecular flexibility index (Phi) is 4.99. The van der Waals surface area contributed by atoms with E-state index in [-0.39, 0.29) is 0 Å². The maximum absolute atomic E-state index is 12.3. The second-order valence-corrected chi connectivity index (χ2v) is 2.97. The fraction of sp³-hybridized carbons (Fsp3) is 0.714. The Morgan fingerprint density at radius 3 is 2.31 bits per heavy atom. The van der Waals surface area contributed by atoms with Gasteiger partial charge in [0, 0.05) is 7.05 Å². The first-order valence-corrected chi connectivity index (χ1v) is 4.03. The van der Waals surface area contributed by atoms with E-state index in [0.717, 1.165) is 7.05 Å². The number of carbonyl (C=O) groups excluding carboxylic acids is 1. The lowest BCUT2D eigenvalue weighted by Crippen LogP contribution is -2.46. The van der Waals surface area contributed by atoms with Gasteiger partial charge >= 0.3 is 24.3 Å². The summed E-state index contributed by atoms with van der Waals surface area (Å²) in [4.78, 5) is 21.6. The molecule has 0 aromatic carbocycles. The molecular weight excluding hydrogens is 236 g/mol. The first-order chi connectivity index (χ1) is 7.16.